The topological polar surface area (TPSA) is 55.1 Å². The Kier molecular flexibility index (Phi) is 5.47. The zero-order chi connectivity index (χ0) is 13.0. The molecule has 16 heavy (non-hydrogen) atoms. The van der Waals surface area contributed by atoms with Crippen molar-refractivity contribution in [1.29, 1.82) is 0 Å². The van der Waals surface area contributed by atoms with E-state index in [2.05, 4.69) is 19.2 Å². The van der Waals surface area contributed by atoms with Gasteiger partial charge in [-0.3, -0.25) is 4.79 Å². The van der Waals surface area contributed by atoms with Crippen LogP contribution in [-0.4, -0.2) is 18.0 Å². The zero-order valence-corrected chi connectivity index (χ0v) is 11.7. The molecule has 0 aromatic rings. The number of carbonyl (C=O) groups is 1. The molecule has 0 aliphatic carbocycles. The molecule has 0 aromatic heterocycles. The van der Waals surface area contributed by atoms with Crippen LogP contribution in [0.2, 0.25) is 0 Å². The van der Waals surface area contributed by atoms with Gasteiger partial charge in [-0.05, 0) is 33.6 Å². The fourth-order valence-corrected chi connectivity index (χ4v) is 1.33. The third kappa shape index (κ3) is 3.78. The molecule has 0 aliphatic heterocycles. The molecule has 0 heterocycles. The van der Waals surface area contributed by atoms with Crippen molar-refractivity contribution in [3.8, 4) is 0 Å². The minimum absolute atomic E-state index is 0.0481. The van der Waals surface area contributed by atoms with Crippen molar-refractivity contribution in [2.75, 3.05) is 6.54 Å². The number of hydrogen-bond donors (Lipinski definition) is 2. The average molecular weight is 228 g/mol. The highest BCUT2D eigenvalue weighted by Gasteiger charge is 2.40. The van der Waals surface area contributed by atoms with Crippen LogP contribution in [0.1, 0.15) is 54.4 Å². The molecule has 0 aliphatic rings. The summed E-state index contributed by atoms with van der Waals surface area (Å²) in [6, 6.07) is 0. The van der Waals surface area contributed by atoms with Crippen LogP contribution < -0.4 is 11.1 Å². The van der Waals surface area contributed by atoms with Crippen LogP contribution in [0.5, 0.6) is 0 Å². The summed E-state index contributed by atoms with van der Waals surface area (Å²) in [5.41, 5.74) is 4.97. The lowest BCUT2D eigenvalue weighted by atomic mass is 9.74. The van der Waals surface area contributed by atoms with Crippen molar-refractivity contribution in [3.05, 3.63) is 0 Å². The minimum Gasteiger partial charge on any atom is -0.355 e. The zero-order valence-electron chi connectivity index (χ0n) is 11.7. The molecule has 1 amide bonds. The van der Waals surface area contributed by atoms with Gasteiger partial charge < -0.3 is 11.1 Å². The van der Waals surface area contributed by atoms with Gasteiger partial charge in [0.2, 0.25) is 5.91 Å². The van der Waals surface area contributed by atoms with Gasteiger partial charge in [0.25, 0.3) is 0 Å². The number of carbonyl (C=O) groups excluding carboxylic acids is 1. The molecule has 0 aromatic carbocycles. The first-order valence-electron chi connectivity index (χ1n) is 6.24. The molecule has 3 nitrogen and oxygen atoms in total. The van der Waals surface area contributed by atoms with Gasteiger partial charge in [0.1, 0.15) is 0 Å². The summed E-state index contributed by atoms with van der Waals surface area (Å²) in [6.07, 6.45) is 2.20. The highest BCUT2D eigenvalue weighted by molar-refractivity contribution is 5.83. The first kappa shape index (κ1) is 15.4. The summed E-state index contributed by atoms with van der Waals surface area (Å²) >= 11 is 0. The van der Waals surface area contributed by atoms with Gasteiger partial charge in [0.05, 0.1) is 5.41 Å². The summed E-state index contributed by atoms with van der Waals surface area (Å²) < 4.78 is 0. The van der Waals surface area contributed by atoms with E-state index in [4.69, 9.17) is 5.73 Å². The minimum atomic E-state index is -0.543. The van der Waals surface area contributed by atoms with Gasteiger partial charge in [0.15, 0.2) is 0 Å². The van der Waals surface area contributed by atoms with Gasteiger partial charge in [-0.2, -0.15) is 0 Å². The van der Waals surface area contributed by atoms with E-state index in [1.807, 2.05) is 27.7 Å². The molecule has 0 fully saturated rings. The van der Waals surface area contributed by atoms with Gasteiger partial charge in [-0.25, -0.2) is 0 Å². The second kappa shape index (κ2) is 5.67. The molecule has 0 bridgehead atoms. The van der Waals surface area contributed by atoms with Crippen LogP contribution in [0.4, 0.5) is 0 Å². The number of rotatable bonds is 6. The van der Waals surface area contributed by atoms with Crippen LogP contribution >= 0.6 is 0 Å². The van der Waals surface area contributed by atoms with Crippen LogP contribution in [-0.2, 0) is 4.79 Å². The summed E-state index contributed by atoms with van der Waals surface area (Å²) in [4.78, 5) is 12.1. The first-order valence-corrected chi connectivity index (χ1v) is 6.24. The highest BCUT2D eigenvalue weighted by atomic mass is 16.2. The van der Waals surface area contributed by atoms with Crippen molar-refractivity contribution in [1.82, 2.24) is 5.32 Å². The Hall–Kier alpha value is -0.570. The maximum Gasteiger partial charge on any atom is 0.227 e. The Morgan fingerprint density at radius 2 is 1.62 bits per heavy atom. The van der Waals surface area contributed by atoms with Crippen LogP contribution in [0.3, 0.4) is 0 Å². The number of hydrogen-bond acceptors (Lipinski definition) is 2. The molecule has 0 saturated carbocycles. The Morgan fingerprint density at radius 3 is 1.94 bits per heavy atom. The molecule has 3 heteroatoms. The summed E-state index contributed by atoms with van der Waals surface area (Å²) in [5, 5.41) is 3.01. The van der Waals surface area contributed by atoms with E-state index in [0.717, 1.165) is 19.4 Å². The maximum atomic E-state index is 12.1. The predicted octanol–water partition coefficient (Wildman–Crippen LogP) is 2.30. The molecule has 0 unspecified atom stereocenters. The highest BCUT2D eigenvalue weighted by Crippen LogP contribution is 2.28. The lowest BCUT2D eigenvalue weighted by Gasteiger charge is -2.37. The third-order valence-electron chi connectivity index (χ3n) is 3.88. The van der Waals surface area contributed by atoms with Crippen LogP contribution in [0.25, 0.3) is 0 Å². The summed E-state index contributed by atoms with van der Waals surface area (Å²) in [6.45, 7) is 12.6. The SMILES string of the molecule is CCC(CC)CNC(=O)C(C)(C)C(C)(C)N. The van der Waals surface area contributed by atoms with E-state index >= 15 is 0 Å². The van der Waals surface area contributed by atoms with Crippen molar-refractivity contribution in [2.45, 2.75) is 59.9 Å². The van der Waals surface area contributed by atoms with E-state index < -0.39 is 11.0 Å². The maximum absolute atomic E-state index is 12.1. The second-order valence-corrected chi connectivity index (χ2v) is 5.74. The van der Waals surface area contributed by atoms with Crippen molar-refractivity contribution >= 4 is 5.91 Å². The van der Waals surface area contributed by atoms with Crippen molar-refractivity contribution in [2.24, 2.45) is 17.1 Å². The molecule has 0 spiro atoms. The fourth-order valence-electron chi connectivity index (χ4n) is 1.33. The van der Waals surface area contributed by atoms with Crippen molar-refractivity contribution < 1.29 is 4.79 Å². The number of nitrogens with one attached hydrogen (secondary N) is 1. The molecule has 0 atom stereocenters. The largest absolute Gasteiger partial charge is 0.355 e. The molecule has 0 radical (unpaired) electrons. The van der Waals surface area contributed by atoms with E-state index in [-0.39, 0.29) is 5.91 Å². The lowest BCUT2D eigenvalue weighted by molar-refractivity contribution is -0.132. The van der Waals surface area contributed by atoms with Crippen LogP contribution in [0, 0.1) is 11.3 Å². The third-order valence-corrected chi connectivity index (χ3v) is 3.88. The molecule has 0 rings (SSSR count). The first-order chi connectivity index (χ1) is 7.16. The molecular formula is C13H28N2O. The average Bonchev–Trinajstić information content (AvgIpc) is 2.17. The van der Waals surface area contributed by atoms with E-state index in [1.165, 1.54) is 0 Å². The second-order valence-electron chi connectivity index (χ2n) is 5.74. The normalized spacial score (nSPS) is 13.0. The summed E-state index contributed by atoms with van der Waals surface area (Å²) in [7, 11) is 0. The molecular weight excluding hydrogens is 200 g/mol. The Balaban J connectivity index is 4.37. The molecule has 3 N–H and O–H groups in total. The van der Waals surface area contributed by atoms with Gasteiger partial charge in [-0.1, -0.05) is 26.7 Å². The summed E-state index contributed by atoms with van der Waals surface area (Å²) in [5.74, 6) is 0.618. The van der Waals surface area contributed by atoms with Crippen LogP contribution in [0.15, 0.2) is 0 Å². The van der Waals surface area contributed by atoms with E-state index in [0.29, 0.717) is 5.92 Å². The molecule has 96 valence electrons. The Labute approximate surface area is 100 Å². The van der Waals surface area contributed by atoms with Gasteiger partial charge in [-0.15, -0.1) is 0 Å². The number of amides is 1. The molecule has 0 saturated heterocycles. The van der Waals surface area contributed by atoms with Gasteiger partial charge >= 0.3 is 0 Å². The smallest absolute Gasteiger partial charge is 0.227 e. The van der Waals surface area contributed by atoms with E-state index in [9.17, 15) is 4.79 Å². The lowest BCUT2D eigenvalue weighted by Crippen LogP contribution is -2.56. The van der Waals surface area contributed by atoms with Crippen molar-refractivity contribution in [3.63, 3.8) is 0 Å². The fraction of sp³-hybridized carbons (Fsp3) is 0.923. The van der Waals surface area contributed by atoms with E-state index in [1.54, 1.807) is 0 Å². The monoisotopic (exact) mass is 228 g/mol. The number of nitrogens with two attached hydrogens (primary N) is 1. The Morgan fingerprint density at radius 1 is 1.19 bits per heavy atom. The Bertz CT molecular complexity index is 225. The van der Waals surface area contributed by atoms with Gasteiger partial charge in [0, 0.05) is 12.1 Å². The predicted molar refractivity (Wildman–Crippen MR) is 69.1 cm³/mol. The standard InChI is InChI=1S/C13H28N2O/c1-7-10(8-2)9-15-11(16)12(3,4)13(5,6)14/h10H,7-9,14H2,1-6H3,(H,15,16). The quantitative estimate of drug-likeness (QED) is 0.733.